The summed E-state index contributed by atoms with van der Waals surface area (Å²) >= 11 is 0. The smallest absolute Gasteiger partial charge is 0.181 e. The SMILES string of the molecule is Cc1ncnc2nccnc12. The molecule has 0 unspecified atom stereocenters. The Morgan fingerprint density at radius 2 is 1.82 bits per heavy atom. The minimum atomic E-state index is 0.653. The topological polar surface area (TPSA) is 51.6 Å². The van der Waals surface area contributed by atoms with Gasteiger partial charge in [0, 0.05) is 12.4 Å². The van der Waals surface area contributed by atoms with Crippen molar-refractivity contribution in [2.24, 2.45) is 0 Å². The second kappa shape index (κ2) is 2.23. The van der Waals surface area contributed by atoms with E-state index in [1.807, 2.05) is 6.92 Å². The van der Waals surface area contributed by atoms with Crippen molar-refractivity contribution in [1.29, 1.82) is 0 Å². The Morgan fingerprint density at radius 1 is 1.00 bits per heavy atom. The monoisotopic (exact) mass is 146 g/mol. The molecule has 0 N–H and O–H groups in total. The predicted octanol–water partition coefficient (Wildman–Crippen LogP) is 0.728. The molecular weight excluding hydrogens is 140 g/mol. The summed E-state index contributed by atoms with van der Waals surface area (Å²) in [5.74, 6) is 0. The first-order chi connectivity index (χ1) is 5.38. The number of nitrogens with zero attached hydrogens (tertiary/aromatic N) is 4. The Morgan fingerprint density at radius 3 is 2.64 bits per heavy atom. The maximum atomic E-state index is 4.09. The van der Waals surface area contributed by atoms with Gasteiger partial charge in [-0.1, -0.05) is 0 Å². The zero-order valence-corrected chi connectivity index (χ0v) is 6.02. The van der Waals surface area contributed by atoms with Gasteiger partial charge in [-0.25, -0.2) is 19.9 Å². The summed E-state index contributed by atoms with van der Waals surface area (Å²) in [7, 11) is 0. The standard InChI is InChI=1S/C7H6N4/c1-5-6-7(11-4-10-5)9-3-2-8-6/h2-4H,1H3. The molecule has 4 heteroatoms. The largest absolute Gasteiger partial charge is 0.249 e. The van der Waals surface area contributed by atoms with E-state index in [-0.39, 0.29) is 0 Å². The van der Waals surface area contributed by atoms with E-state index in [0.29, 0.717) is 5.65 Å². The molecule has 0 atom stereocenters. The Labute approximate surface area is 63.4 Å². The molecule has 0 aliphatic carbocycles. The van der Waals surface area contributed by atoms with Crippen molar-refractivity contribution in [2.75, 3.05) is 0 Å². The predicted molar refractivity (Wildman–Crippen MR) is 39.9 cm³/mol. The Balaban J connectivity index is 2.91. The van der Waals surface area contributed by atoms with Crippen molar-refractivity contribution in [1.82, 2.24) is 19.9 Å². The van der Waals surface area contributed by atoms with Crippen LogP contribution in [0.1, 0.15) is 5.69 Å². The van der Waals surface area contributed by atoms with Crippen molar-refractivity contribution < 1.29 is 0 Å². The van der Waals surface area contributed by atoms with Gasteiger partial charge in [-0.3, -0.25) is 0 Å². The first-order valence-electron chi connectivity index (χ1n) is 3.26. The highest BCUT2D eigenvalue weighted by Gasteiger charge is 1.98. The average Bonchev–Trinajstić information content (AvgIpc) is 2.06. The Bertz CT molecular complexity index is 380. The maximum Gasteiger partial charge on any atom is 0.181 e. The lowest BCUT2D eigenvalue weighted by atomic mass is 10.4. The van der Waals surface area contributed by atoms with Crippen LogP contribution in [0.25, 0.3) is 11.2 Å². The van der Waals surface area contributed by atoms with Crippen LogP contribution in [-0.2, 0) is 0 Å². The van der Waals surface area contributed by atoms with Crippen LogP contribution < -0.4 is 0 Å². The molecule has 2 heterocycles. The van der Waals surface area contributed by atoms with Crippen LogP contribution in [-0.4, -0.2) is 19.9 Å². The number of aryl methyl sites for hydroxylation is 1. The lowest BCUT2D eigenvalue weighted by molar-refractivity contribution is 1.10. The van der Waals surface area contributed by atoms with Crippen molar-refractivity contribution in [2.45, 2.75) is 6.92 Å². The number of hydrogen-bond donors (Lipinski definition) is 0. The summed E-state index contributed by atoms with van der Waals surface area (Å²) in [6, 6.07) is 0. The number of hydrogen-bond acceptors (Lipinski definition) is 4. The van der Waals surface area contributed by atoms with Crippen molar-refractivity contribution in [3.63, 3.8) is 0 Å². The van der Waals surface area contributed by atoms with Crippen LogP contribution >= 0.6 is 0 Å². The highest BCUT2D eigenvalue weighted by atomic mass is 14.9. The van der Waals surface area contributed by atoms with Gasteiger partial charge in [0.15, 0.2) is 5.65 Å². The van der Waals surface area contributed by atoms with Gasteiger partial charge in [-0.05, 0) is 6.92 Å². The van der Waals surface area contributed by atoms with Gasteiger partial charge in [0.05, 0.1) is 5.69 Å². The first kappa shape index (κ1) is 6.15. The van der Waals surface area contributed by atoms with E-state index in [1.165, 1.54) is 6.33 Å². The third kappa shape index (κ3) is 0.920. The van der Waals surface area contributed by atoms with Crippen molar-refractivity contribution in [3.05, 3.63) is 24.4 Å². The lowest BCUT2D eigenvalue weighted by Crippen LogP contribution is -1.91. The molecule has 54 valence electrons. The zero-order valence-electron chi connectivity index (χ0n) is 6.02. The summed E-state index contributed by atoms with van der Waals surface area (Å²) < 4.78 is 0. The zero-order chi connectivity index (χ0) is 7.68. The van der Waals surface area contributed by atoms with Gasteiger partial charge in [0.2, 0.25) is 0 Å². The molecule has 0 fully saturated rings. The molecule has 0 aliphatic rings. The summed E-state index contributed by atoms with van der Waals surface area (Å²) in [6.45, 7) is 1.89. The molecule has 0 amide bonds. The highest BCUT2D eigenvalue weighted by Crippen LogP contribution is 2.05. The second-order valence-corrected chi connectivity index (χ2v) is 2.19. The molecule has 2 aromatic rings. The normalized spacial score (nSPS) is 10.3. The molecule has 4 nitrogen and oxygen atoms in total. The van der Waals surface area contributed by atoms with Crippen LogP contribution in [0.4, 0.5) is 0 Å². The number of rotatable bonds is 0. The molecule has 2 rings (SSSR count). The number of aromatic nitrogens is 4. The van der Waals surface area contributed by atoms with E-state index in [2.05, 4.69) is 19.9 Å². The van der Waals surface area contributed by atoms with E-state index in [4.69, 9.17) is 0 Å². The number of fused-ring (bicyclic) bond motifs is 1. The molecule has 0 aliphatic heterocycles. The lowest BCUT2D eigenvalue weighted by Gasteiger charge is -1.94. The van der Waals surface area contributed by atoms with Crippen molar-refractivity contribution >= 4 is 11.2 Å². The maximum absolute atomic E-state index is 4.09. The molecule has 11 heavy (non-hydrogen) atoms. The van der Waals surface area contributed by atoms with Gasteiger partial charge in [-0.2, -0.15) is 0 Å². The Hall–Kier alpha value is -1.58. The minimum absolute atomic E-state index is 0.653. The average molecular weight is 146 g/mol. The van der Waals surface area contributed by atoms with Gasteiger partial charge in [0.1, 0.15) is 11.8 Å². The fraction of sp³-hybridized carbons (Fsp3) is 0.143. The molecule has 0 saturated carbocycles. The van der Waals surface area contributed by atoms with Gasteiger partial charge in [-0.15, -0.1) is 0 Å². The quantitative estimate of drug-likeness (QED) is 0.549. The second-order valence-electron chi connectivity index (χ2n) is 2.19. The highest BCUT2D eigenvalue weighted by molar-refractivity contribution is 5.70. The Kier molecular flexibility index (Phi) is 1.25. The van der Waals surface area contributed by atoms with Gasteiger partial charge < -0.3 is 0 Å². The van der Waals surface area contributed by atoms with Crippen molar-refractivity contribution in [3.8, 4) is 0 Å². The molecule has 0 spiro atoms. The van der Waals surface area contributed by atoms with E-state index < -0.39 is 0 Å². The fourth-order valence-electron chi connectivity index (χ4n) is 0.912. The molecule has 0 saturated heterocycles. The molecule has 2 aromatic heterocycles. The summed E-state index contributed by atoms with van der Waals surface area (Å²) in [5, 5.41) is 0. The van der Waals surface area contributed by atoms with Crippen LogP contribution in [0, 0.1) is 6.92 Å². The van der Waals surface area contributed by atoms with Crippen LogP contribution in [0.15, 0.2) is 18.7 Å². The third-order valence-corrected chi connectivity index (χ3v) is 1.45. The van der Waals surface area contributed by atoms with E-state index >= 15 is 0 Å². The summed E-state index contributed by atoms with van der Waals surface area (Å²) in [5.41, 5.74) is 2.29. The molecule has 0 aromatic carbocycles. The van der Waals surface area contributed by atoms with Crippen LogP contribution in [0.5, 0.6) is 0 Å². The first-order valence-corrected chi connectivity index (χ1v) is 3.26. The summed E-state index contributed by atoms with van der Waals surface area (Å²) in [4.78, 5) is 16.1. The van der Waals surface area contributed by atoms with E-state index in [9.17, 15) is 0 Å². The summed E-state index contributed by atoms with van der Waals surface area (Å²) in [6.07, 6.45) is 4.75. The minimum Gasteiger partial charge on any atom is -0.249 e. The van der Waals surface area contributed by atoms with E-state index in [0.717, 1.165) is 11.2 Å². The molecular formula is C7H6N4. The molecule has 0 radical (unpaired) electrons. The van der Waals surface area contributed by atoms with Crippen LogP contribution in [0.2, 0.25) is 0 Å². The fourth-order valence-corrected chi connectivity index (χ4v) is 0.912. The molecule has 0 bridgehead atoms. The third-order valence-electron chi connectivity index (χ3n) is 1.45. The van der Waals surface area contributed by atoms with Gasteiger partial charge >= 0.3 is 0 Å². The van der Waals surface area contributed by atoms with E-state index in [1.54, 1.807) is 12.4 Å². The van der Waals surface area contributed by atoms with Gasteiger partial charge in [0.25, 0.3) is 0 Å². The van der Waals surface area contributed by atoms with Crippen LogP contribution in [0.3, 0.4) is 0 Å².